The van der Waals surface area contributed by atoms with Gasteiger partial charge in [-0.25, -0.2) is 13.8 Å². The van der Waals surface area contributed by atoms with Gasteiger partial charge in [0, 0.05) is 29.5 Å². The van der Waals surface area contributed by atoms with Crippen LogP contribution in [-0.4, -0.2) is 32.8 Å². The Bertz CT molecular complexity index is 1070. The van der Waals surface area contributed by atoms with Gasteiger partial charge < -0.3 is 5.32 Å². The Labute approximate surface area is 157 Å². The number of amides is 1. The van der Waals surface area contributed by atoms with Crippen LogP contribution in [0.25, 0.3) is 16.9 Å². The largest absolute Gasteiger partial charge is 0.345 e. The second-order valence-corrected chi connectivity index (χ2v) is 6.06. The normalized spacial score (nSPS) is 11.1. The fourth-order valence-corrected chi connectivity index (χ4v) is 2.88. The number of rotatable bonds is 6. The number of carbonyl (C=O) groups excluding carboxylic acids is 1. The molecule has 0 radical (unpaired) electrons. The second kappa shape index (κ2) is 7.71. The molecule has 0 aliphatic carbocycles. The molecule has 0 fully saturated rings. The summed E-state index contributed by atoms with van der Waals surface area (Å²) in [4.78, 5) is 28.8. The van der Waals surface area contributed by atoms with Gasteiger partial charge in [-0.15, -0.1) is 6.58 Å². The summed E-state index contributed by atoms with van der Waals surface area (Å²) in [6.45, 7) is 3.06. The van der Waals surface area contributed by atoms with Gasteiger partial charge in [0.1, 0.15) is 5.69 Å². The highest BCUT2D eigenvalue weighted by molar-refractivity contribution is 6.33. The lowest BCUT2D eigenvalue weighted by Crippen LogP contribution is -2.28. The quantitative estimate of drug-likeness (QED) is 0.656. The third-order valence-electron chi connectivity index (χ3n) is 3.83. The van der Waals surface area contributed by atoms with Crippen LogP contribution in [0.15, 0.2) is 54.1 Å². The van der Waals surface area contributed by atoms with Crippen molar-refractivity contribution >= 4 is 23.2 Å². The van der Waals surface area contributed by atoms with Gasteiger partial charge in [0.05, 0.1) is 12.2 Å². The minimum Gasteiger partial charge on any atom is -0.345 e. The molecule has 0 bridgehead atoms. The van der Waals surface area contributed by atoms with Gasteiger partial charge in [-0.3, -0.25) is 18.6 Å². The first kappa shape index (κ1) is 18.8. The summed E-state index contributed by atoms with van der Waals surface area (Å²) in [7, 11) is 0. The molecule has 9 heteroatoms. The van der Waals surface area contributed by atoms with Crippen LogP contribution >= 0.6 is 11.6 Å². The molecule has 140 valence electrons. The molecule has 2 heterocycles. The van der Waals surface area contributed by atoms with E-state index in [9.17, 15) is 18.4 Å². The molecule has 1 amide bonds. The lowest BCUT2D eigenvalue weighted by atomic mass is 10.1. The van der Waals surface area contributed by atoms with Gasteiger partial charge in [-0.2, -0.15) is 0 Å². The number of allylic oxidation sites excluding steroid dienone is 1. The Balaban J connectivity index is 2.16. The Kier molecular flexibility index (Phi) is 5.36. The first-order valence-electron chi connectivity index (χ1n) is 7.97. The van der Waals surface area contributed by atoms with Crippen LogP contribution < -0.4 is 10.9 Å². The standard InChI is InChI=1S/C18H15ClF2N4O2/c1-2-7-25-14(11-5-3-4-6-12(11)19)10-24-9-13(23-16(24)18(25)27)17(26)22-8-15(20)21/h2-6,9-10,15H,1,7-8H2,(H,22,26). The van der Waals surface area contributed by atoms with Gasteiger partial charge >= 0.3 is 0 Å². The highest BCUT2D eigenvalue weighted by Gasteiger charge is 2.18. The van der Waals surface area contributed by atoms with Crippen LogP contribution in [0.4, 0.5) is 8.78 Å². The van der Waals surface area contributed by atoms with Crippen LogP contribution in [-0.2, 0) is 6.54 Å². The fraction of sp³-hybridized carbons (Fsp3) is 0.167. The predicted octanol–water partition coefficient (Wildman–Crippen LogP) is 3.00. The number of carbonyl (C=O) groups is 1. The molecule has 0 unspecified atom stereocenters. The third kappa shape index (κ3) is 3.75. The molecule has 0 saturated heterocycles. The number of nitrogens with one attached hydrogen (secondary N) is 1. The number of halogens is 3. The van der Waals surface area contributed by atoms with Gasteiger partial charge in [0.25, 0.3) is 17.9 Å². The Morgan fingerprint density at radius 3 is 2.74 bits per heavy atom. The zero-order valence-electron chi connectivity index (χ0n) is 14.0. The molecule has 0 aliphatic rings. The van der Waals surface area contributed by atoms with E-state index in [1.165, 1.54) is 15.2 Å². The van der Waals surface area contributed by atoms with E-state index in [4.69, 9.17) is 11.6 Å². The van der Waals surface area contributed by atoms with Crippen molar-refractivity contribution < 1.29 is 13.6 Å². The van der Waals surface area contributed by atoms with Crippen molar-refractivity contribution in [1.82, 2.24) is 19.3 Å². The molecule has 0 spiro atoms. The van der Waals surface area contributed by atoms with Crippen molar-refractivity contribution in [1.29, 1.82) is 0 Å². The predicted molar refractivity (Wildman–Crippen MR) is 98.4 cm³/mol. The topological polar surface area (TPSA) is 68.4 Å². The highest BCUT2D eigenvalue weighted by Crippen LogP contribution is 2.27. The highest BCUT2D eigenvalue weighted by atomic mass is 35.5. The van der Waals surface area contributed by atoms with E-state index in [-0.39, 0.29) is 17.9 Å². The maximum absolute atomic E-state index is 12.9. The molecule has 0 aliphatic heterocycles. The van der Waals surface area contributed by atoms with Crippen LogP contribution in [0, 0.1) is 0 Å². The number of hydrogen-bond acceptors (Lipinski definition) is 3. The second-order valence-electron chi connectivity index (χ2n) is 5.66. The van der Waals surface area contributed by atoms with E-state index in [2.05, 4.69) is 16.9 Å². The average molecular weight is 393 g/mol. The van der Waals surface area contributed by atoms with Crippen molar-refractivity contribution in [3.8, 4) is 11.3 Å². The number of imidazole rings is 1. The van der Waals surface area contributed by atoms with Crippen molar-refractivity contribution in [2.24, 2.45) is 0 Å². The number of fused-ring (bicyclic) bond motifs is 1. The number of nitrogens with zero attached hydrogens (tertiary/aromatic N) is 3. The molecule has 6 nitrogen and oxygen atoms in total. The zero-order chi connectivity index (χ0) is 19.6. The maximum atomic E-state index is 12.9. The Morgan fingerprint density at radius 2 is 2.07 bits per heavy atom. The molecule has 1 N–H and O–H groups in total. The van der Waals surface area contributed by atoms with Gasteiger partial charge in [0.2, 0.25) is 5.65 Å². The molecular weight excluding hydrogens is 378 g/mol. The first-order valence-corrected chi connectivity index (χ1v) is 8.35. The fourth-order valence-electron chi connectivity index (χ4n) is 2.65. The number of alkyl halides is 2. The minimum atomic E-state index is -2.68. The van der Waals surface area contributed by atoms with Gasteiger partial charge in [0.15, 0.2) is 0 Å². The van der Waals surface area contributed by atoms with E-state index < -0.39 is 24.4 Å². The number of aromatic nitrogens is 3. The van der Waals surface area contributed by atoms with Crippen molar-refractivity contribution in [2.75, 3.05) is 6.54 Å². The lowest BCUT2D eigenvalue weighted by molar-refractivity contribution is 0.0887. The zero-order valence-corrected chi connectivity index (χ0v) is 14.8. The van der Waals surface area contributed by atoms with Crippen molar-refractivity contribution in [3.05, 3.63) is 70.4 Å². The molecule has 3 aromatic rings. The molecule has 27 heavy (non-hydrogen) atoms. The van der Waals surface area contributed by atoms with Crippen LogP contribution in [0.1, 0.15) is 10.5 Å². The van der Waals surface area contributed by atoms with Crippen LogP contribution in [0.3, 0.4) is 0 Å². The number of hydrogen-bond donors (Lipinski definition) is 1. The van der Waals surface area contributed by atoms with Crippen molar-refractivity contribution in [3.63, 3.8) is 0 Å². The molecule has 1 aromatic carbocycles. The average Bonchev–Trinajstić information content (AvgIpc) is 3.07. The molecule has 2 aromatic heterocycles. The maximum Gasteiger partial charge on any atom is 0.295 e. The Hall–Kier alpha value is -3.00. The molecule has 0 atom stereocenters. The van der Waals surface area contributed by atoms with E-state index in [1.807, 2.05) is 0 Å². The summed E-state index contributed by atoms with van der Waals surface area (Å²) in [5.74, 6) is -0.784. The summed E-state index contributed by atoms with van der Waals surface area (Å²) in [6, 6.07) is 7.00. The number of benzene rings is 1. The Morgan fingerprint density at radius 1 is 1.33 bits per heavy atom. The summed E-state index contributed by atoms with van der Waals surface area (Å²) < 4.78 is 27.4. The summed E-state index contributed by atoms with van der Waals surface area (Å²) in [5.41, 5.74) is 0.539. The van der Waals surface area contributed by atoms with E-state index in [1.54, 1.807) is 36.5 Å². The SMILES string of the molecule is C=CCn1c(-c2ccccc2Cl)cn2cc(C(=O)NCC(F)F)nc2c1=O. The van der Waals surface area contributed by atoms with Crippen LogP contribution in [0.2, 0.25) is 5.02 Å². The molecular formula is C18H15ClF2N4O2. The van der Waals surface area contributed by atoms with Gasteiger partial charge in [-0.1, -0.05) is 35.9 Å². The van der Waals surface area contributed by atoms with E-state index >= 15 is 0 Å². The first-order chi connectivity index (χ1) is 12.9. The molecule has 3 rings (SSSR count). The lowest BCUT2D eigenvalue weighted by Gasteiger charge is -2.13. The summed E-state index contributed by atoms with van der Waals surface area (Å²) >= 11 is 6.26. The van der Waals surface area contributed by atoms with E-state index in [0.29, 0.717) is 16.3 Å². The molecule has 0 saturated carbocycles. The summed E-state index contributed by atoms with van der Waals surface area (Å²) in [5, 5.41) is 2.51. The van der Waals surface area contributed by atoms with Crippen LogP contribution in [0.5, 0.6) is 0 Å². The van der Waals surface area contributed by atoms with Crippen molar-refractivity contribution in [2.45, 2.75) is 13.0 Å². The third-order valence-corrected chi connectivity index (χ3v) is 4.16. The van der Waals surface area contributed by atoms with Gasteiger partial charge in [-0.05, 0) is 6.07 Å². The van der Waals surface area contributed by atoms with E-state index in [0.717, 1.165) is 0 Å². The smallest absolute Gasteiger partial charge is 0.295 e. The monoisotopic (exact) mass is 392 g/mol. The minimum absolute atomic E-state index is 0.00477. The summed E-state index contributed by atoms with van der Waals surface area (Å²) in [6.07, 6.45) is 1.80.